The van der Waals surface area contributed by atoms with E-state index in [4.69, 9.17) is 14.2 Å². The highest BCUT2D eigenvalue weighted by Crippen LogP contribution is 2.30. The summed E-state index contributed by atoms with van der Waals surface area (Å²) in [4.78, 5) is 36.7. The number of rotatable bonds is 7. The summed E-state index contributed by atoms with van der Waals surface area (Å²) in [7, 11) is 0. The zero-order valence-corrected chi connectivity index (χ0v) is 18.1. The van der Waals surface area contributed by atoms with Crippen LogP contribution in [0, 0.1) is 0 Å². The largest absolute Gasteiger partial charge is 0.486 e. The lowest BCUT2D eigenvalue weighted by molar-refractivity contribution is -0.120. The number of thiophene rings is 1. The van der Waals surface area contributed by atoms with Crippen LogP contribution >= 0.6 is 11.3 Å². The molecule has 0 saturated carbocycles. The summed E-state index contributed by atoms with van der Waals surface area (Å²) in [6.07, 6.45) is 1.44. The van der Waals surface area contributed by atoms with Crippen LogP contribution in [0.1, 0.15) is 25.6 Å². The molecule has 0 radical (unpaired) electrons. The molecule has 1 aliphatic rings. The molecule has 33 heavy (non-hydrogen) atoms. The maximum Gasteiger partial charge on any atom is 0.353 e. The highest BCUT2D eigenvalue weighted by molar-refractivity contribution is 7.12. The number of amides is 2. The molecule has 0 aliphatic carbocycles. The Morgan fingerprint density at radius 2 is 1.82 bits per heavy atom. The van der Waals surface area contributed by atoms with Crippen molar-refractivity contribution in [2.45, 2.75) is 0 Å². The number of carbonyl (C=O) groups excluding carboxylic acids is 3. The van der Waals surface area contributed by atoms with Gasteiger partial charge in [0, 0.05) is 5.56 Å². The second-order valence-corrected chi connectivity index (χ2v) is 7.72. The summed E-state index contributed by atoms with van der Waals surface area (Å²) in [6.45, 7) is 0.635. The predicted molar refractivity (Wildman–Crippen MR) is 121 cm³/mol. The first-order valence-corrected chi connectivity index (χ1v) is 10.8. The third-order valence-electron chi connectivity index (χ3n) is 4.43. The zero-order valence-electron chi connectivity index (χ0n) is 17.3. The normalized spacial score (nSPS) is 12.2. The number of esters is 1. The van der Waals surface area contributed by atoms with E-state index < -0.39 is 17.8 Å². The molecule has 168 valence electrons. The lowest BCUT2D eigenvalue weighted by atomic mass is 10.2. The minimum atomic E-state index is -0.487. The Kier molecular flexibility index (Phi) is 6.96. The van der Waals surface area contributed by atoms with Gasteiger partial charge in [0.05, 0.1) is 12.8 Å². The topological polar surface area (TPSA) is 115 Å². The van der Waals surface area contributed by atoms with Crippen LogP contribution in [0.25, 0.3) is 0 Å². The van der Waals surface area contributed by atoms with Crippen molar-refractivity contribution in [1.82, 2.24) is 10.7 Å². The second-order valence-electron chi connectivity index (χ2n) is 6.77. The van der Waals surface area contributed by atoms with Gasteiger partial charge in [-0.05, 0) is 59.5 Å². The van der Waals surface area contributed by atoms with Crippen molar-refractivity contribution >= 4 is 35.3 Å². The molecule has 0 atom stereocenters. The van der Waals surface area contributed by atoms with Gasteiger partial charge in [-0.15, -0.1) is 11.3 Å². The smallest absolute Gasteiger partial charge is 0.353 e. The number of nitrogens with one attached hydrogen (secondary N) is 2. The molecule has 1 aromatic heterocycles. The van der Waals surface area contributed by atoms with E-state index in [0.29, 0.717) is 46.5 Å². The molecule has 2 aromatic carbocycles. The van der Waals surface area contributed by atoms with Crippen LogP contribution in [0.15, 0.2) is 65.1 Å². The van der Waals surface area contributed by atoms with Crippen LogP contribution in [0.5, 0.6) is 17.2 Å². The Labute approximate surface area is 193 Å². The summed E-state index contributed by atoms with van der Waals surface area (Å²) in [5, 5.41) is 8.19. The van der Waals surface area contributed by atoms with E-state index in [9.17, 15) is 14.4 Å². The van der Waals surface area contributed by atoms with E-state index in [1.807, 2.05) is 0 Å². The quantitative estimate of drug-likeness (QED) is 0.240. The van der Waals surface area contributed by atoms with Crippen LogP contribution in [0.3, 0.4) is 0 Å². The predicted octanol–water partition coefficient (Wildman–Crippen LogP) is 2.62. The third kappa shape index (κ3) is 5.95. The van der Waals surface area contributed by atoms with Crippen molar-refractivity contribution in [3.8, 4) is 17.2 Å². The first kappa shape index (κ1) is 22.0. The number of hydrogen-bond acceptors (Lipinski definition) is 8. The summed E-state index contributed by atoms with van der Waals surface area (Å²) in [5.41, 5.74) is 3.38. The molecule has 1 aliphatic heterocycles. The first-order valence-electron chi connectivity index (χ1n) is 9.94. The number of hydrazone groups is 1. The van der Waals surface area contributed by atoms with E-state index in [0.717, 1.165) is 0 Å². The molecule has 0 saturated heterocycles. The molecule has 4 rings (SSSR count). The van der Waals surface area contributed by atoms with E-state index in [-0.39, 0.29) is 6.54 Å². The van der Waals surface area contributed by atoms with Gasteiger partial charge >= 0.3 is 5.97 Å². The van der Waals surface area contributed by atoms with Gasteiger partial charge in [0.25, 0.3) is 11.8 Å². The van der Waals surface area contributed by atoms with E-state index in [2.05, 4.69) is 15.8 Å². The van der Waals surface area contributed by atoms with Gasteiger partial charge in [0.1, 0.15) is 23.8 Å². The van der Waals surface area contributed by atoms with Gasteiger partial charge in [-0.25, -0.2) is 10.2 Å². The Balaban J connectivity index is 1.22. The van der Waals surface area contributed by atoms with Crippen LogP contribution in [-0.4, -0.2) is 43.8 Å². The van der Waals surface area contributed by atoms with Gasteiger partial charge in [-0.3, -0.25) is 9.59 Å². The lowest BCUT2D eigenvalue weighted by Crippen LogP contribution is -2.35. The number of carbonyl (C=O) groups is 3. The van der Waals surface area contributed by atoms with E-state index in [1.165, 1.54) is 17.6 Å². The number of ether oxygens (including phenoxy) is 3. The summed E-state index contributed by atoms with van der Waals surface area (Å²) >= 11 is 1.30. The molecule has 9 nitrogen and oxygen atoms in total. The molecular weight excluding hydrogens is 446 g/mol. The van der Waals surface area contributed by atoms with Crippen molar-refractivity contribution in [2.24, 2.45) is 5.10 Å². The SMILES string of the molecule is O=C(CNC(=O)c1ccc2c(c1)OCCO2)NN=Cc1ccc(OC(=O)c2cccs2)cc1. The summed E-state index contributed by atoms with van der Waals surface area (Å²) < 4.78 is 16.1. The number of nitrogens with zero attached hydrogens (tertiary/aromatic N) is 1. The molecule has 10 heteroatoms. The van der Waals surface area contributed by atoms with Gasteiger partial charge in [0.2, 0.25) is 0 Å². The van der Waals surface area contributed by atoms with Gasteiger partial charge < -0.3 is 19.5 Å². The van der Waals surface area contributed by atoms with Crippen LogP contribution in [-0.2, 0) is 4.79 Å². The zero-order chi connectivity index (χ0) is 23.0. The number of benzene rings is 2. The van der Waals surface area contributed by atoms with Crippen molar-refractivity contribution in [2.75, 3.05) is 19.8 Å². The van der Waals surface area contributed by atoms with E-state index >= 15 is 0 Å². The average molecular weight is 465 g/mol. The van der Waals surface area contributed by atoms with E-state index in [1.54, 1.807) is 60.0 Å². The standard InChI is InChI=1S/C23H19N3O6S/c27-21(14-24-22(28)16-5-8-18-19(12-16)31-10-9-30-18)26-25-13-15-3-6-17(7-4-15)32-23(29)20-2-1-11-33-20/h1-8,11-13H,9-10,14H2,(H,24,28)(H,26,27). The first-order chi connectivity index (χ1) is 16.1. The van der Waals surface area contributed by atoms with Gasteiger partial charge in [-0.1, -0.05) is 6.07 Å². The average Bonchev–Trinajstić information content (AvgIpc) is 3.39. The molecular formula is C23H19N3O6S. The number of fused-ring (bicyclic) bond motifs is 1. The molecule has 2 N–H and O–H groups in total. The fraction of sp³-hybridized carbons (Fsp3) is 0.130. The Hall–Kier alpha value is -4.18. The minimum Gasteiger partial charge on any atom is -0.486 e. The highest BCUT2D eigenvalue weighted by Gasteiger charge is 2.15. The summed E-state index contributed by atoms with van der Waals surface area (Å²) in [6, 6.07) is 14.9. The monoisotopic (exact) mass is 465 g/mol. The van der Waals surface area contributed by atoms with Crippen LogP contribution in [0.4, 0.5) is 0 Å². The van der Waals surface area contributed by atoms with Gasteiger partial charge in [-0.2, -0.15) is 5.10 Å². The fourth-order valence-corrected chi connectivity index (χ4v) is 3.44. The van der Waals surface area contributed by atoms with Crippen molar-refractivity contribution in [1.29, 1.82) is 0 Å². The van der Waals surface area contributed by atoms with Crippen LogP contribution < -0.4 is 25.0 Å². The molecule has 3 aromatic rings. The second kappa shape index (κ2) is 10.4. The third-order valence-corrected chi connectivity index (χ3v) is 5.28. The molecule has 0 bridgehead atoms. The molecule has 0 spiro atoms. The molecule has 0 fully saturated rings. The Bertz CT molecular complexity index is 1180. The summed E-state index contributed by atoms with van der Waals surface area (Å²) in [5.74, 6) is 0.152. The maximum absolute atomic E-state index is 12.3. The van der Waals surface area contributed by atoms with Crippen molar-refractivity contribution < 1.29 is 28.6 Å². The highest BCUT2D eigenvalue weighted by atomic mass is 32.1. The number of hydrogen-bond donors (Lipinski definition) is 2. The maximum atomic E-state index is 12.3. The molecule has 2 amide bonds. The fourth-order valence-electron chi connectivity index (χ4n) is 2.84. The molecule has 0 unspecified atom stereocenters. The minimum absolute atomic E-state index is 0.248. The Morgan fingerprint density at radius 1 is 1.03 bits per heavy atom. The molecule has 2 heterocycles. The van der Waals surface area contributed by atoms with Crippen LogP contribution in [0.2, 0.25) is 0 Å². The lowest BCUT2D eigenvalue weighted by Gasteiger charge is -2.18. The van der Waals surface area contributed by atoms with Crippen molar-refractivity contribution in [3.63, 3.8) is 0 Å². The Morgan fingerprint density at radius 3 is 2.58 bits per heavy atom. The van der Waals surface area contributed by atoms with Crippen molar-refractivity contribution in [3.05, 3.63) is 76.0 Å². The van der Waals surface area contributed by atoms with Gasteiger partial charge in [0.15, 0.2) is 11.5 Å².